The second kappa shape index (κ2) is 6.44. The van der Waals surface area contributed by atoms with Crippen LogP contribution in [0, 0.1) is 11.3 Å². The Balaban J connectivity index is 2.22. The van der Waals surface area contributed by atoms with Gasteiger partial charge in [-0.15, -0.1) is 0 Å². The number of rotatable bonds is 3. The Morgan fingerprint density at radius 3 is 2.30 bits per heavy atom. The smallest absolute Gasteiger partial charge is 0.260 e. The summed E-state index contributed by atoms with van der Waals surface area (Å²) in [7, 11) is 0. The van der Waals surface area contributed by atoms with Crippen molar-refractivity contribution in [2.24, 2.45) is 11.3 Å². The molecule has 23 heavy (non-hydrogen) atoms. The van der Waals surface area contributed by atoms with E-state index >= 15 is 0 Å². The van der Waals surface area contributed by atoms with Crippen LogP contribution in [-0.2, 0) is 14.4 Å². The molecule has 2 amide bonds. The number of amides is 2. The summed E-state index contributed by atoms with van der Waals surface area (Å²) >= 11 is 0. The molecule has 1 fully saturated rings. The Bertz CT molecular complexity index is 643. The van der Waals surface area contributed by atoms with E-state index < -0.39 is 23.5 Å². The third-order valence-corrected chi connectivity index (χ3v) is 3.71. The van der Waals surface area contributed by atoms with Crippen LogP contribution in [0.5, 0.6) is 0 Å². The molecule has 122 valence electrons. The van der Waals surface area contributed by atoms with Crippen LogP contribution in [-0.4, -0.2) is 34.8 Å². The van der Waals surface area contributed by atoms with Crippen molar-refractivity contribution in [1.29, 1.82) is 0 Å². The minimum atomic E-state index is -1.34. The third kappa shape index (κ3) is 3.92. The van der Waals surface area contributed by atoms with E-state index in [0.29, 0.717) is 5.56 Å². The maximum atomic E-state index is 12.5. The molecule has 1 saturated heterocycles. The number of likely N-dealkylation sites (tertiary alicyclic amines) is 1. The molecule has 1 aromatic rings. The largest absolute Gasteiger partial charge is 0.298 e. The molecule has 0 N–H and O–H groups in total. The number of imide groups is 1. The van der Waals surface area contributed by atoms with Crippen LogP contribution >= 0.6 is 0 Å². The van der Waals surface area contributed by atoms with Crippen molar-refractivity contribution in [2.75, 3.05) is 6.54 Å². The highest BCUT2D eigenvalue weighted by Crippen LogP contribution is 2.25. The van der Waals surface area contributed by atoms with E-state index in [1.807, 2.05) is 20.8 Å². The zero-order valence-corrected chi connectivity index (χ0v) is 13.7. The van der Waals surface area contributed by atoms with Crippen LogP contribution in [0.3, 0.4) is 0 Å². The second-order valence-electron chi connectivity index (χ2n) is 7.01. The van der Waals surface area contributed by atoms with Gasteiger partial charge in [0, 0.05) is 24.9 Å². The Kier molecular flexibility index (Phi) is 4.78. The van der Waals surface area contributed by atoms with Gasteiger partial charge in [0.2, 0.25) is 5.91 Å². The van der Waals surface area contributed by atoms with Gasteiger partial charge in [-0.2, -0.15) is 0 Å². The number of Topliss-reactive ketones (excluding diaryl/α,β-unsaturated/α-hetero) is 2. The highest BCUT2D eigenvalue weighted by molar-refractivity contribution is 6.23. The summed E-state index contributed by atoms with van der Waals surface area (Å²) in [5.74, 6) is -3.28. The Hall–Kier alpha value is -2.30. The van der Waals surface area contributed by atoms with E-state index in [4.69, 9.17) is 0 Å². The van der Waals surface area contributed by atoms with Gasteiger partial charge in [0.1, 0.15) is 0 Å². The Labute approximate surface area is 135 Å². The second-order valence-corrected chi connectivity index (χ2v) is 7.01. The van der Waals surface area contributed by atoms with Gasteiger partial charge < -0.3 is 0 Å². The standard InChI is InChI=1S/C18H21NO4/c1-18(2,3)11-14(21)15-13(20)9-10-19(17(15)23)16(22)12-7-5-4-6-8-12/h4-8,15H,9-11H2,1-3H3. The van der Waals surface area contributed by atoms with E-state index in [9.17, 15) is 19.2 Å². The predicted molar refractivity (Wildman–Crippen MR) is 84.7 cm³/mol. The lowest BCUT2D eigenvalue weighted by atomic mass is 9.82. The molecule has 0 bridgehead atoms. The highest BCUT2D eigenvalue weighted by Gasteiger charge is 2.43. The fourth-order valence-corrected chi connectivity index (χ4v) is 2.65. The fourth-order valence-electron chi connectivity index (χ4n) is 2.65. The molecule has 0 radical (unpaired) electrons. The van der Waals surface area contributed by atoms with Crippen molar-refractivity contribution in [3.63, 3.8) is 0 Å². The van der Waals surface area contributed by atoms with Crippen molar-refractivity contribution in [3.8, 4) is 0 Å². The Morgan fingerprint density at radius 2 is 1.74 bits per heavy atom. The molecule has 1 aliphatic heterocycles. The molecule has 0 spiro atoms. The van der Waals surface area contributed by atoms with Gasteiger partial charge in [0.15, 0.2) is 17.5 Å². The minimum absolute atomic E-state index is 0.0324. The molecular weight excluding hydrogens is 294 g/mol. The summed E-state index contributed by atoms with van der Waals surface area (Å²) in [4.78, 5) is 50.4. The maximum absolute atomic E-state index is 12.5. The summed E-state index contributed by atoms with van der Waals surface area (Å²) in [6.45, 7) is 5.64. The number of benzene rings is 1. The van der Waals surface area contributed by atoms with Gasteiger partial charge in [0.05, 0.1) is 0 Å². The van der Waals surface area contributed by atoms with Crippen LogP contribution in [0.15, 0.2) is 30.3 Å². The molecule has 0 aromatic heterocycles. The monoisotopic (exact) mass is 315 g/mol. The van der Waals surface area contributed by atoms with E-state index in [0.717, 1.165) is 4.90 Å². The zero-order valence-electron chi connectivity index (χ0n) is 13.7. The van der Waals surface area contributed by atoms with Crippen molar-refractivity contribution in [3.05, 3.63) is 35.9 Å². The molecule has 5 nitrogen and oxygen atoms in total. The average molecular weight is 315 g/mol. The number of piperidine rings is 1. The van der Waals surface area contributed by atoms with Gasteiger partial charge in [-0.05, 0) is 17.5 Å². The van der Waals surface area contributed by atoms with Gasteiger partial charge in [-0.1, -0.05) is 39.0 Å². The summed E-state index contributed by atoms with van der Waals surface area (Å²) in [6.07, 6.45) is 0.160. The first-order valence-electron chi connectivity index (χ1n) is 7.67. The first-order valence-corrected chi connectivity index (χ1v) is 7.67. The molecule has 1 unspecified atom stereocenters. The van der Waals surface area contributed by atoms with Crippen LogP contribution in [0.4, 0.5) is 0 Å². The molecule has 1 heterocycles. The summed E-state index contributed by atoms with van der Waals surface area (Å²) in [5, 5.41) is 0. The van der Waals surface area contributed by atoms with Crippen molar-refractivity contribution in [1.82, 2.24) is 4.90 Å². The fraction of sp³-hybridized carbons (Fsp3) is 0.444. The molecule has 1 atom stereocenters. The van der Waals surface area contributed by atoms with Crippen LogP contribution in [0.1, 0.15) is 44.0 Å². The molecule has 2 rings (SSSR count). The van der Waals surface area contributed by atoms with Crippen LogP contribution in [0.2, 0.25) is 0 Å². The quantitative estimate of drug-likeness (QED) is 0.633. The predicted octanol–water partition coefficient (Wildman–Crippen LogP) is 2.25. The van der Waals surface area contributed by atoms with Gasteiger partial charge >= 0.3 is 0 Å². The number of carbonyl (C=O) groups excluding carboxylic acids is 4. The normalized spacial score (nSPS) is 18.9. The van der Waals surface area contributed by atoms with Crippen LogP contribution in [0.25, 0.3) is 0 Å². The van der Waals surface area contributed by atoms with E-state index in [1.54, 1.807) is 30.3 Å². The molecule has 1 aliphatic rings. The van der Waals surface area contributed by atoms with Gasteiger partial charge in [0.25, 0.3) is 5.91 Å². The SMILES string of the molecule is CC(C)(C)CC(=O)C1C(=O)CCN(C(=O)c2ccccc2)C1=O. The number of carbonyl (C=O) groups is 4. The lowest BCUT2D eigenvalue weighted by molar-refractivity contribution is -0.148. The molecule has 0 aliphatic carbocycles. The van der Waals surface area contributed by atoms with Gasteiger partial charge in [-0.25, -0.2) is 0 Å². The number of hydrogen-bond acceptors (Lipinski definition) is 4. The summed E-state index contributed by atoms with van der Waals surface area (Å²) in [5.41, 5.74) is 0.0563. The van der Waals surface area contributed by atoms with Crippen molar-refractivity contribution < 1.29 is 19.2 Å². The molecular formula is C18H21NO4. The molecule has 0 saturated carbocycles. The average Bonchev–Trinajstić information content (AvgIpc) is 2.46. The van der Waals surface area contributed by atoms with E-state index in [-0.39, 0.29) is 30.6 Å². The number of nitrogens with zero attached hydrogens (tertiary/aromatic N) is 1. The first kappa shape index (κ1) is 17.1. The number of ketones is 2. The maximum Gasteiger partial charge on any atom is 0.260 e. The van der Waals surface area contributed by atoms with E-state index in [1.165, 1.54) is 0 Å². The summed E-state index contributed by atoms with van der Waals surface area (Å²) < 4.78 is 0. The zero-order chi connectivity index (χ0) is 17.2. The van der Waals surface area contributed by atoms with Gasteiger partial charge in [-0.3, -0.25) is 24.1 Å². The number of hydrogen-bond donors (Lipinski definition) is 0. The van der Waals surface area contributed by atoms with Crippen molar-refractivity contribution in [2.45, 2.75) is 33.6 Å². The van der Waals surface area contributed by atoms with Crippen molar-refractivity contribution >= 4 is 23.4 Å². The minimum Gasteiger partial charge on any atom is -0.298 e. The lowest BCUT2D eigenvalue weighted by Crippen LogP contribution is -2.51. The lowest BCUT2D eigenvalue weighted by Gasteiger charge is -2.30. The highest BCUT2D eigenvalue weighted by atomic mass is 16.2. The third-order valence-electron chi connectivity index (χ3n) is 3.71. The van der Waals surface area contributed by atoms with Crippen LogP contribution < -0.4 is 0 Å². The Morgan fingerprint density at radius 1 is 1.13 bits per heavy atom. The summed E-state index contributed by atoms with van der Waals surface area (Å²) in [6, 6.07) is 8.40. The molecule has 1 aromatic carbocycles. The molecule has 5 heteroatoms. The first-order chi connectivity index (χ1) is 10.7. The van der Waals surface area contributed by atoms with E-state index in [2.05, 4.69) is 0 Å². The topological polar surface area (TPSA) is 71.5 Å².